The molecule has 0 amide bonds. The molecule has 0 fully saturated rings. The standard InChI is InChI=1S/C18H19N3O/c1-12(2)4-6-15-11-14(7-9-18(15)22)16-10-13(3)5-8-17(16)20-21-19/h4-5,7-11,22H,6H2,1-3H3. The number of aryl methyl sites for hydroxylation is 1. The van der Waals surface area contributed by atoms with Crippen LogP contribution in [0.25, 0.3) is 21.6 Å². The number of phenols is 1. The topological polar surface area (TPSA) is 69.0 Å². The number of allylic oxidation sites excluding steroid dienone is 2. The quantitative estimate of drug-likeness (QED) is 0.328. The summed E-state index contributed by atoms with van der Waals surface area (Å²) >= 11 is 0. The SMILES string of the molecule is CC(C)=CCc1cc(-c2cc(C)ccc2N=[N+]=[N-])ccc1O. The van der Waals surface area contributed by atoms with Crippen LogP contribution in [-0.4, -0.2) is 5.11 Å². The van der Waals surface area contributed by atoms with E-state index in [9.17, 15) is 5.11 Å². The molecule has 0 aliphatic rings. The highest BCUT2D eigenvalue weighted by atomic mass is 16.3. The molecule has 0 bridgehead atoms. The molecule has 1 N–H and O–H groups in total. The number of phenolic OH excluding ortho intramolecular Hbond substituents is 1. The molecule has 22 heavy (non-hydrogen) atoms. The normalized spacial score (nSPS) is 9.95. The summed E-state index contributed by atoms with van der Waals surface area (Å²) in [7, 11) is 0. The number of aromatic hydroxyl groups is 1. The van der Waals surface area contributed by atoms with Gasteiger partial charge in [-0.15, -0.1) is 0 Å². The molecule has 0 aromatic heterocycles. The fourth-order valence-corrected chi connectivity index (χ4v) is 2.25. The van der Waals surface area contributed by atoms with Crippen molar-refractivity contribution < 1.29 is 5.11 Å². The Kier molecular flexibility index (Phi) is 4.87. The van der Waals surface area contributed by atoms with Crippen LogP contribution in [0.3, 0.4) is 0 Å². The Balaban J connectivity index is 2.53. The lowest BCUT2D eigenvalue weighted by Crippen LogP contribution is -1.87. The van der Waals surface area contributed by atoms with Gasteiger partial charge >= 0.3 is 0 Å². The molecule has 112 valence electrons. The average molecular weight is 293 g/mol. The zero-order chi connectivity index (χ0) is 16.1. The summed E-state index contributed by atoms with van der Waals surface area (Å²) in [5, 5.41) is 13.8. The van der Waals surface area contributed by atoms with Crippen LogP contribution < -0.4 is 0 Å². The molecule has 2 aromatic carbocycles. The minimum Gasteiger partial charge on any atom is -0.508 e. The van der Waals surface area contributed by atoms with E-state index in [1.54, 1.807) is 6.07 Å². The van der Waals surface area contributed by atoms with E-state index < -0.39 is 0 Å². The molecule has 2 aromatic rings. The third-order valence-electron chi connectivity index (χ3n) is 3.43. The number of hydrogen-bond donors (Lipinski definition) is 1. The fraction of sp³-hybridized carbons (Fsp3) is 0.222. The van der Waals surface area contributed by atoms with E-state index in [0.717, 1.165) is 22.3 Å². The smallest absolute Gasteiger partial charge is 0.119 e. The zero-order valence-electron chi connectivity index (χ0n) is 13.0. The van der Waals surface area contributed by atoms with Crippen LogP contribution in [0, 0.1) is 6.92 Å². The maximum absolute atomic E-state index is 10.0. The van der Waals surface area contributed by atoms with Crippen molar-refractivity contribution in [2.45, 2.75) is 27.2 Å². The molecule has 0 atom stereocenters. The molecule has 0 heterocycles. The molecule has 0 unspecified atom stereocenters. The molecule has 0 radical (unpaired) electrons. The second-order valence-electron chi connectivity index (χ2n) is 5.54. The summed E-state index contributed by atoms with van der Waals surface area (Å²) in [5.41, 5.74) is 14.3. The third-order valence-corrected chi connectivity index (χ3v) is 3.43. The lowest BCUT2D eigenvalue weighted by Gasteiger charge is -2.10. The first-order valence-electron chi connectivity index (χ1n) is 7.12. The van der Waals surface area contributed by atoms with E-state index in [0.29, 0.717) is 12.1 Å². The first kappa shape index (κ1) is 15.7. The van der Waals surface area contributed by atoms with Gasteiger partial charge in [0.15, 0.2) is 0 Å². The van der Waals surface area contributed by atoms with Gasteiger partial charge in [0.05, 0.1) is 0 Å². The van der Waals surface area contributed by atoms with Gasteiger partial charge in [0.1, 0.15) is 5.75 Å². The van der Waals surface area contributed by atoms with Gasteiger partial charge in [0, 0.05) is 10.6 Å². The summed E-state index contributed by atoms with van der Waals surface area (Å²) in [5.74, 6) is 0.277. The maximum Gasteiger partial charge on any atom is 0.119 e. The van der Waals surface area contributed by atoms with E-state index in [-0.39, 0.29) is 5.75 Å². The van der Waals surface area contributed by atoms with E-state index in [4.69, 9.17) is 5.53 Å². The Morgan fingerprint density at radius 3 is 2.68 bits per heavy atom. The average Bonchev–Trinajstić information content (AvgIpc) is 2.48. The number of hydrogen-bond acceptors (Lipinski definition) is 2. The highest BCUT2D eigenvalue weighted by Crippen LogP contribution is 2.34. The molecule has 0 spiro atoms. The summed E-state index contributed by atoms with van der Waals surface area (Å²) in [6.07, 6.45) is 2.74. The van der Waals surface area contributed by atoms with Crippen LogP contribution in [0.2, 0.25) is 0 Å². The number of nitrogens with zero attached hydrogens (tertiary/aromatic N) is 3. The Bertz CT molecular complexity index is 768. The Labute approximate surface area is 130 Å². The third kappa shape index (κ3) is 3.68. The fourth-order valence-electron chi connectivity index (χ4n) is 2.25. The van der Waals surface area contributed by atoms with Crippen molar-refractivity contribution in [3.8, 4) is 16.9 Å². The van der Waals surface area contributed by atoms with Crippen LogP contribution in [0.15, 0.2) is 53.2 Å². The van der Waals surface area contributed by atoms with E-state index in [1.807, 2.05) is 51.1 Å². The van der Waals surface area contributed by atoms with Crippen molar-refractivity contribution in [2.75, 3.05) is 0 Å². The molecule has 0 saturated carbocycles. The Morgan fingerprint density at radius 1 is 1.23 bits per heavy atom. The van der Waals surface area contributed by atoms with Crippen LogP contribution in [0.5, 0.6) is 5.75 Å². The summed E-state index contributed by atoms with van der Waals surface area (Å²) in [4.78, 5) is 2.89. The zero-order valence-corrected chi connectivity index (χ0v) is 13.0. The summed E-state index contributed by atoms with van der Waals surface area (Å²) in [6.45, 7) is 6.05. The maximum atomic E-state index is 10.0. The van der Waals surface area contributed by atoms with Gasteiger partial charge in [-0.2, -0.15) is 0 Å². The van der Waals surface area contributed by atoms with Crippen molar-refractivity contribution in [3.05, 3.63) is 69.6 Å². The molecular formula is C18H19N3O. The Hall–Kier alpha value is -2.71. The molecular weight excluding hydrogens is 274 g/mol. The predicted molar refractivity (Wildman–Crippen MR) is 90.2 cm³/mol. The molecule has 0 aliphatic carbocycles. The Morgan fingerprint density at radius 2 is 2.00 bits per heavy atom. The predicted octanol–water partition coefficient (Wildman–Crippen LogP) is 5.82. The minimum absolute atomic E-state index is 0.277. The molecule has 2 rings (SSSR count). The van der Waals surface area contributed by atoms with Crippen molar-refractivity contribution in [1.82, 2.24) is 0 Å². The van der Waals surface area contributed by atoms with Gasteiger partial charge in [-0.3, -0.25) is 0 Å². The van der Waals surface area contributed by atoms with E-state index in [2.05, 4.69) is 16.1 Å². The lowest BCUT2D eigenvalue weighted by atomic mass is 9.98. The van der Waals surface area contributed by atoms with Gasteiger partial charge in [0.25, 0.3) is 0 Å². The summed E-state index contributed by atoms with van der Waals surface area (Å²) in [6, 6.07) is 11.2. The van der Waals surface area contributed by atoms with Crippen LogP contribution in [0.1, 0.15) is 25.0 Å². The van der Waals surface area contributed by atoms with Gasteiger partial charge in [-0.25, -0.2) is 0 Å². The van der Waals surface area contributed by atoms with Crippen molar-refractivity contribution >= 4 is 5.69 Å². The monoisotopic (exact) mass is 293 g/mol. The highest BCUT2D eigenvalue weighted by molar-refractivity contribution is 5.77. The van der Waals surface area contributed by atoms with Crippen molar-refractivity contribution in [1.29, 1.82) is 0 Å². The number of azide groups is 1. The van der Waals surface area contributed by atoms with Gasteiger partial charge in [-0.1, -0.05) is 46.6 Å². The minimum atomic E-state index is 0.277. The van der Waals surface area contributed by atoms with Crippen LogP contribution in [0.4, 0.5) is 5.69 Å². The number of benzene rings is 2. The summed E-state index contributed by atoms with van der Waals surface area (Å²) < 4.78 is 0. The van der Waals surface area contributed by atoms with E-state index >= 15 is 0 Å². The van der Waals surface area contributed by atoms with Crippen molar-refractivity contribution in [2.24, 2.45) is 5.11 Å². The highest BCUT2D eigenvalue weighted by Gasteiger charge is 2.08. The van der Waals surface area contributed by atoms with Crippen molar-refractivity contribution in [3.63, 3.8) is 0 Å². The second-order valence-corrected chi connectivity index (χ2v) is 5.54. The van der Waals surface area contributed by atoms with Gasteiger partial charge in [-0.05, 0) is 61.5 Å². The number of rotatable bonds is 4. The molecule has 4 nitrogen and oxygen atoms in total. The van der Waals surface area contributed by atoms with Gasteiger partial charge in [0.2, 0.25) is 0 Å². The largest absolute Gasteiger partial charge is 0.508 e. The first-order chi connectivity index (χ1) is 10.5. The first-order valence-corrected chi connectivity index (χ1v) is 7.12. The van der Waals surface area contributed by atoms with Crippen LogP contribution >= 0.6 is 0 Å². The molecule has 0 aliphatic heterocycles. The molecule has 4 heteroatoms. The van der Waals surface area contributed by atoms with Gasteiger partial charge < -0.3 is 5.11 Å². The lowest BCUT2D eigenvalue weighted by molar-refractivity contribution is 0.470. The van der Waals surface area contributed by atoms with Crippen LogP contribution in [-0.2, 0) is 6.42 Å². The second kappa shape index (κ2) is 6.83. The van der Waals surface area contributed by atoms with E-state index in [1.165, 1.54) is 5.57 Å². The molecule has 0 saturated heterocycles.